The number of ether oxygens (including phenoxy) is 1. The van der Waals surface area contributed by atoms with Gasteiger partial charge < -0.3 is 10.5 Å². The molecule has 15 heavy (non-hydrogen) atoms. The van der Waals surface area contributed by atoms with Gasteiger partial charge in [0.1, 0.15) is 5.02 Å². The fourth-order valence-corrected chi connectivity index (χ4v) is 1.07. The number of hydrogen-bond donors (Lipinski definition) is 1. The van der Waals surface area contributed by atoms with Crippen LogP contribution in [0.4, 0.5) is 8.78 Å². The monoisotopic (exact) mass is 258 g/mol. The fraction of sp³-hybridized carbons (Fsp3) is 0.375. The Morgan fingerprint density at radius 1 is 1.53 bits per heavy atom. The van der Waals surface area contributed by atoms with Gasteiger partial charge in [0.05, 0.1) is 0 Å². The smallest absolute Gasteiger partial charge is 0.272 e. The van der Waals surface area contributed by atoms with Crippen molar-refractivity contribution in [3.63, 3.8) is 0 Å². The van der Waals surface area contributed by atoms with Crippen LogP contribution in [-0.2, 0) is 6.54 Å². The molecule has 0 fully saturated rings. The van der Waals surface area contributed by atoms with Gasteiger partial charge in [-0.1, -0.05) is 11.6 Å². The summed E-state index contributed by atoms with van der Waals surface area (Å²) in [7, 11) is 0. The Balaban J connectivity index is 0.00000196. The van der Waals surface area contributed by atoms with E-state index in [-0.39, 0.29) is 23.3 Å². The molecule has 0 aromatic carbocycles. The van der Waals surface area contributed by atoms with Crippen molar-refractivity contribution in [1.82, 2.24) is 4.98 Å². The van der Waals surface area contributed by atoms with Crippen molar-refractivity contribution in [2.24, 2.45) is 5.73 Å². The highest BCUT2D eigenvalue weighted by Gasteiger charge is 2.08. The molecule has 3 nitrogen and oxygen atoms in total. The van der Waals surface area contributed by atoms with Crippen molar-refractivity contribution in [2.45, 2.75) is 13.0 Å². The van der Waals surface area contributed by atoms with E-state index in [1.54, 1.807) is 0 Å². The van der Waals surface area contributed by atoms with Crippen LogP contribution in [0, 0.1) is 0 Å². The van der Waals surface area contributed by atoms with Crippen LogP contribution in [-0.4, -0.2) is 18.0 Å². The second kappa shape index (κ2) is 6.76. The van der Waals surface area contributed by atoms with Crippen LogP contribution in [0.5, 0.6) is 5.88 Å². The number of nitrogens with zero attached hydrogens (tertiary/aromatic N) is 1. The van der Waals surface area contributed by atoms with Crippen molar-refractivity contribution in [3.8, 4) is 5.88 Å². The standard InChI is InChI=1S/C8H9ClF2N2O.ClH/c9-6-1-5(2-12)3-13-8(6)14-4-7(10)11;/h1,3,7H,2,4,12H2;1H. The van der Waals surface area contributed by atoms with Crippen LogP contribution < -0.4 is 10.5 Å². The van der Waals surface area contributed by atoms with E-state index in [2.05, 4.69) is 9.72 Å². The molecular weight excluding hydrogens is 249 g/mol. The number of aromatic nitrogens is 1. The van der Waals surface area contributed by atoms with E-state index >= 15 is 0 Å². The first-order chi connectivity index (χ1) is 6.63. The number of alkyl halides is 2. The van der Waals surface area contributed by atoms with Crippen LogP contribution in [0.3, 0.4) is 0 Å². The molecule has 0 bridgehead atoms. The number of nitrogens with two attached hydrogens (primary N) is 1. The van der Waals surface area contributed by atoms with Gasteiger partial charge in [0.2, 0.25) is 5.88 Å². The molecule has 0 saturated heterocycles. The molecule has 1 rings (SSSR count). The lowest BCUT2D eigenvalue weighted by Crippen LogP contribution is -2.08. The van der Waals surface area contributed by atoms with E-state index in [9.17, 15) is 8.78 Å². The minimum atomic E-state index is -2.54. The van der Waals surface area contributed by atoms with Gasteiger partial charge in [-0.05, 0) is 11.6 Å². The summed E-state index contributed by atoms with van der Waals surface area (Å²) in [6, 6.07) is 1.54. The average molecular weight is 259 g/mol. The molecule has 0 aliphatic heterocycles. The van der Waals surface area contributed by atoms with E-state index in [4.69, 9.17) is 17.3 Å². The normalized spacial score (nSPS) is 9.93. The summed E-state index contributed by atoms with van der Waals surface area (Å²) in [6.45, 7) is -0.420. The van der Waals surface area contributed by atoms with Crippen molar-refractivity contribution in [2.75, 3.05) is 6.61 Å². The number of hydrogen-bond acceptors (Lipinski definition) is 3. The minimum Gasteiger partial charge on any atom is -0.471 e. The average Bonchev–Trinajstić information content (AvgIpc) is 2.15. The summed E-state index contributed by atoms with van der Waals surface area (Å²) in [5, 5.41) is 0.189. The fourth-order valence-electron chi connectivity index (χ4n) is 0.825. The first kappa shape index (κ1) is 14.3. The first-order valence-corrected chi connectivity index (χ1v) is 4.26. The van der Waals surface area contributed by atoms with E-state index in [1.807, 2.05) is 0 Å². The zero-order chi connectivity index (χ0) is 10.6. The van der Waals surface area contributed by atoms with Gasteiger partial charge in [0.15, 0.2) is 6.61 Å². The third kappa shape index (κ3) is 4.59. The molecule has 1 aromatic heterocycles. The molecule has 7 heteroatoms. The molecule has 86 valence electrons. The predicted octanol–water partition coefficient (Wildman–Crippen LogP) is 2.26. The van der Waals surface area contributed by atoms with Gasteiger partial charge >= 0.3 is 0 Å². The van der Waals surface area contributed by atoms with Crippen molar-refractivity contribution < 1.29 is 13.5 Å². The van der Waals surface area contributed by atoms with Gasteiger partial charge in [0, 0.05) is 12.7 Å². The highest BCUT2D eigenvalue weighted by Crippen LogP contribution is 2.22. The highest BCUT2D eigenvalue weighted by molar-refractivity contribution is 6.31. The maximum Gasteiger partial charge on any atom is 0.272 e. The summed E-state index contributed by atoms with van der Waals surface area (Å²) in [5.74, 6) is 0.00386. The topological polar surface area (TPSA) is 48.1 Å². The molecule has 0 aliphatic carbocycles. The van der Waals surface area contributed by atoms with Crippen LogP contribution in [0.15, 0.2) is 12.3 Å². The number of rotatable bonds is 4. The molecule has 0 aliphatic rings. The van der Waals surface area contributed by atoms with Gasteiger partial charge in [-0.2, -0.15) is 0 Å². The third-order valence-electron chi connectivity index (χ3n) is 1.45. The SMILES string of the molecule is Cl.NCc1cnc(OCC(F)F)c(Cl)c1. The Morgan fingerprint density at radius 2 is 2.20 bits per heavy atom. The van der Waals surface area contributed by atoms with Crippen LogP contribution >= 0.6 is 24.0 Å². The van der Waals surface area contributed by atoms with Gasteiger partial charge in [-0.25, -0.2) is 13.8 Å². The lowest BCUT2D eigenvalue weighted by Gasteiger charge is -2.06. The third-order valence-corrected chi connectivity index (χ3v) is 1.72. The Bertz CT molecular complexity index is 313. The Kier molecular flexibility index (Phi) is 6.47. The molecule has 1 aromatic rings. The van der Waals surface area contributed by atoms with Crippen LogP contribution in [0.25, 0.3) is 0 Å². The van der Waals surface area contributed by atoms with Crippen LogP contribution in [0.2, 0.25) is 5.02 Å². The second-order valence-corrected chi connectivity index (χ2v) is 2.94. The first-order valence-electron chi connectivity index (χ1n) is 3.89. The predicted molar refractivity (Wildman–Crippen MR) is 55.9 cm³/mol. The van der Waals surface area contributed by atoms with E-state index in [1.165, 1.54) is 12.3 Å². The van der Waals surface area contributed by atoms with Crippen LogP contribution in [0.1, 0.15) is 5.56 Å². The van der Waals surface area contributed by atoms with Gasteiger partial charge in [-0.15, -0.1) is 12.4 Å². The molecule has 0 saturated carbocycles. The summed E-state index contributed by atoms with van der Waals surface area (Å²) in [5.41, 5.74) is 6.05. The number of halogens is 4. The maximum absolute atomic E-state index is 11.8. The molecule has 0 atom stereocenters. The van der Waals surface area contributed by atoms with E-state index in [0.29, 0.717) is 6.54 Å². The Hall–Kier alpha value is -0.650. The van der Waals surface area contributed by atoms with E-state index < -0.39 is 13.0 Å². The Morgan fingerprint density at radius 3 is 2.67 bits per heavy atom. The van der Waals surface area contributed by atoms with Gasteiger partial charge in [0.25, 0.3) is 6.43 Å². The molecule has 0 amide bonds. The summed E-state index contributed by atoms with van der Waals surface area (Å²) in [6.07, 6.45) is -1.10. The summed E-state index contributed by atoms with van der Waals surface area (Å²) in [4.78, 5) is 3.75. The molecule has 0 spiro atoms. The molecular formula is C8H10Cl2F2N2O. The molecule has 2 N–H and O–H groups in total. The quantitative estimate of drug-likeness (QED) is 0.902. The second-order valence-electron chi connectivity index (χ2n) is 2.54. The minimum absolute atomic E-state index is 0. The summed E-state index contributed by atoms with van der Waals surface area (Å²) >= 11 is 5.70. The zero-order valence-electron chi connectivity index (χ0n) is 7.62. The van der Waals surface area contributed by atoms with Crippen molar-refractivity contribution in [3.05, 3.63) is 22.8 Å². The lowest BCUT2D eigenvalue weighted by atomic mass is 10.3. The molecule has 0 radical (unpaired) electrons. The Labute approximate surface area is 97.0 Å². The zero-order valence-corrected chi connectivity index (χ0v) is 9.19. The molecule has 1 heterocycles. The van der Waals surface area contributed by atoms with Crippen molar-refractivity contribution >= 4 is 24.0 Å². The van der Waals surface area contributed by atoms with Crippen molar-refractivity contribution in [1.29, 1.82) is 0 Å². The van der Waals surface area contributed by atoms with Gasteiger partial charge in [-0.3, -0.25) is 0 Å². The van der Waals surface area contributed by atoms with E-state index in [0.717, 1.165) is 5.56 Å². The maximum atomic E-state index is 11.8. The number of pyridine rings is 1. The largest absolute Gasteiger partial charge is 0.471 e. The lowest BCUT2D eigenvalue weighted by molar-refractivity contribution is 0.0796. The molecule has 0 unspecified atom stereocenters. The summed E-state index contributed by atoms with van der Waals surface area (Å²) < 4.78 is 28.2. The highest BCUT2D eigenvalue weighted by atomic mass is 35.5.